The van der Waals surface area contributed by atoms with Crippen LogP contribution in [-0.2, 0) is 6.18 Å². The quantitative estimate of drug-likeness (QED) is 0.568. The van der Waals surface area contributed by atoms with Crippen molar-refractivity contribution in [2.24, 2.45) is 0 Å². The standard InChI is InChI=1S/C16H12F4O/c1-2-15(21)11-6-7-14(17)13(9-11)10-4-3-5-12(8-10)16(18,19)20/h3-9H,2H2,1H3. The third kappa shape index (κ3) is 3.29. The molecule has 1 nitrogen and oxygen atoms in total. The van der Waals surface area contributed by atoms with Crippen molar-refractivity contribution in [3.63, 3.8) is 0 Å². The molecule has 0 bridgehead atoms. The van der Waals surface area contributed by atoms with Crippen LogP contribution in [0.1, 0.15) is 29.3 Å². The first-order valence-electron chi connectivity index (χ1n) is 6.33. The molecule has 0 spiro atoms. The van der Waals surface area contributed by atoms with Gasteiger partial charge in [-0.1, -0.05) is 19.1 Å². The van der Waals surface area contributed by atoms with Gasteiger partial charge in [-0.25, -0.2) is 4.39 Å². The van der Waals surface area contributed by atoms with E-state index in [0.717, 1.165) is 18.2 Å². The van der Waals surface area contributed by atoms with Crippen LogP contribution in [0.15, 0.2) is 42.5 Å². The summed E-state index contributed by atoms with van der Waals surface area (Å²) < 4.78 is 52.0. The van der Waals surface area contributed by atoms with Crippen molar-refractivity contribution in [1.82, 2.24) is 0 Å². The monoisotopic (exact) mass is 296 g/mol. The predicted molar refractivity (Wildman–Crippen MR) is 71.5 cm³/mol. The van der Waals surface area contributed by atoms with Crippen molar-refractivity contribution >= 4 is 5.78 Å². The minimum Gasteiger partial charge on any atom is -0.294 e. The van der Waals surface area contributed by atoms with Crippen LogP contribution in [0.25, 0.3) is 11.1 Å². The number of benzene rings is 2. The molecule has 0 aliphatic carbocycles. The average molecular weight is 296 g/mol. The second kappa shape index (κ2) is 5.68. The van der Waals surface area contributed by atoms with Gasteiger partial charge in [0, 0.05) is 17.5 Å². The summed E-state index contributed by atoms with van der Waals surface area (Å²) in [5, 5.41) is 0. The average Bonchev–Trinajstić information content (AvgIpc) is 2.46. The molecule has 0 aliphatic heterocycles. The van der Waals surface area contributed by atoms with Gasteiger partial charge in [0.15, 0.2) is 5.78 Å². The van der Waals surface area contributed by atoms with Crippen LogP contribution in [0.4, 0.5) is 17.6 Å². The van der Waals surface area contributed by atoms with Crippen LogP contribution in [0.2, 0.25) is 0 Å². The van der Waals surface area contributed by atoms with Gasteiger partial charge in [-0.05, 0) is 35.9 Å². The third-order valence-corrected chi connectivity index (χ3v) is 3.11. The first-order valence-corrected chi connectivity index (χ1v) is 6.33. The van der Waals surface area contributed by atoms with E-state index in [4.69, 9.17) is 0 Å². The number of ketones is 1. The lowest BCUT2D eigenvalue weighted by atomic mass is 9.98. The molecule has 5 heteroatoms. The molecule has 0 aromatic heterocycles. The third-order valence-electron chi connectivity index (χ3n) is 3.11. The van der Waals surface area contributed by atoms with Crippen LogP contribution >= 0.6 is 0 Å². The van der Waals surface area contributed by atoms with Crippen molar-refractivity contribution in [1.29, 1.82) is 0 Å². The Hall–Kier alpha value is -2.17. The second-order valence-electron chi connectivity index (χ2n) is 4.55. The van der Waals surface area contributed by atoms with Crippen molar-refractivity contribution in [2.75, 3.05) is 0 Å². The summed E-state index contributed by atoms with van der Waals surface area (Å²) in [7, 11) is 0. The molecule has 2 rings (SSSR count). The highest BCUT2D eigenvalue weighted by Gasteiger charge is 2.30. The maximum atomic E-state index is 13.9. The first kappa shape index (κ1) is 15.2. The van der Waals surface area contributed by atoms with Crippen molar-refractivity contribution < 1.29 is 22.4 Å². The molecule has 2 aromatic rings. The Labute approximate surface area is 119 Å². The van der Waals surface area contributed by atoms with Gasteiger partial charge in [-0.2, -0.15) is 13.2 Å². The molecule has 0 fully saturated rings. The largest absolute Gasteiger partial charge is 0.416 e. The molecule has 0 amide bonds. The van der Waals surface area contributed by atoms with E-state index in [9.17, 15) is 22.4 Å². The summed E-state index contributed by atoms with van der Waals surface area (Å²) in [5.41, 5.74) is -0.494. The van der Waals surface area contributed by atoms with Gasteiger partial charge in [0.1, 0.15) is 5.82 Å². The Bertz CT molecular complexity index is 674. The highest BCUT2D eigenvalue weighted by atomic mass is 19.4. The Morgan fingerprint density at radius 3 is 2.43 bits per heavy atom. The van der Waals surface area contributed by atoms with Gasteiger partial charge in [-0.3, -0.25) is 4.79 Å². The highest BCUT2D eigenvalue weighted by Crippen LogP contribution is 2.33. The Balaban J connectivity index is 2.54. The number of carbonyl (C=O) groups excluding carboxylic acids is 1. The van der Waals surface area contributed by atoms with Gasteiger partial charge >= 0.3 is 6.18 Å². The van der Waals surface area contributed by atoms with Crippen LogP contribution < -0.4 is 0 Å². The van der Waals surface area contributed by atoms with Crippen molar-refractivity contribution in [3.8, 4) is 11.1 Å². The fourth-order valence-electron chi connectivity index (χ4n) is 1.99. The van der Waals surface area contributed by atoms with Crippen molar-refractivity contribution in [2.45, 2.75) is 19.5 Å². The van der Waals surface area contributed by atoms with Crippen LogP contribution in [0.5, 0.6) is 0 Å². The number of carbonyl (C=O) groups is 1. The molecule has 110 valence electrons. The maximum absolute atomic E-state index is 13.9. The Kier molecular flexibility index (Phi) is 4.11. The molecular weight excluding hydrogens is 284 g/mol. The van der Waals surface area contributed by atoms with Gasteiger partial charge in [-0.15, -0.1) is 0 Å². The second-order valence-corrected chi connectivity index (χ2v) is 4.55. The van der Waals surface area contributed by atoms with E-state index in [2.05, 4.69) is 0 Å². The number of rotatable bonds is 3. The van der Waals surface area contributed by atoms with Crippen LogP contribution in [-0.4, -0.2) is 5.78 Å². The number of hydrogen-bond donors (Lipinski definition) is 0. The molecule has 0 radical (unpaired) electrons. The lowest BCUT2D eigenvalue weighted by molar-refractivity contribution is -0.137. The zero-order chi connectivity index (χ0) is 15.6. The van der Waals surface area contributed by atoms with Crippen LogP contribution in [0, 0.1) is 5.82 Å². The summed E-state index contributed by atoms with van der Waals surface area (Å²) in [4.78, 5) is 11.6. The number of hydrogen-bond acceptors (Lipinski definition) is 1. The molecular formula is C16H12F4O. The summed E-state index contributed by atoms with van der Waals surface area (Å²) in [5.74, 6) is -0.856. The number of halogens is 4. The molecule has 0 N–H and O–H groups in total. The maximum Gasteiger partial charge on any atom is 0.416 e. The predicted octanol–water partition coefficient (Wildman–Crippen LogP) is 5.10. The molecule has 0 saturated heterocycles. The molecule has 0 saturated carbocycles. The molecule has 21 heavy (non-hydrogen) atoms. The summed E-state index contributed by atoms with van der Waals surface area (Å²) in [6.07, 6.45) is -4.25. The fraction of sp³-hybridized carbons (Fsp3) is 0.188. The van der Waals surface area contributed by atoms with E-state index in [-0.39, 0.29) is 28.9 Å². The molecule has 0 atom stereocenters. The molecule has 0 unspecified atom stereocenters. The SMILES string of the molecule is CCC(=O)c1ccc(F)c(-c2cccc(C(F)(F)F)c2)c1. The Morgan fingerprint density at radius 1 is 1.10 bits per heavy atom. The lowest BCUT2D eigenvalue weighted by Crippen LogP contribution is -2.05. The summed E-state index contributed by atoms with van der Waals surface area (Å²) >= 11 is 0. The molecule has 0 heterocycles. The first-order chi connectivity index (χ1) is 9.82. The topological polar surface area (TPSA) is 17.1 Å². The van der Waals surface area contributed by atoms with Gasteiger partial charge in [0.2, 0.25) is 0 Å². The van der Waals surface area contributed by atoms with E-state index in [1.54, 1.807) is 6.92 Å². The minimum atomic E-state index is -4.50. The summed E-state index contributed by atoms with van der Waals surface area (Å²) in [6, 6.07) is 8.11. The highest BCUT2D eigenvalue weighted by molar-refractivity contribution is 5.97. The molecule has 2 aromatic carbocycles. The zero-order valence-corrected chi connectivity index (χ0v) is 11.2. The zero-order valence-electron chi connectivity index (χ0n) is 11.2. The normalized spacial score (nSPS) is 11.5. The van der Waals surface area contributed by atoms with E-state index < -0.39 is 17.6 Å². The van der Waals surface area contributed by atoms with E-state index >= 15 is 0 Å². The fourth-order valence-corrected chi connectivity index (χ4v) is 1.99. The van der Waals surface area contributed by atoms with Gasteiger partial charge in [0.25, 0.3) is 0 Å². The van der Waals surface area contributed by atoms with Gasteiger partial charge in [0.05, 0.1) is 5.56 Å². The molecule has 0 aliphatic rings. The summed E-state index contributed by atoms with van der Waals surface area (Å²) in [6.45, 7) is 1.66. The Morgan fingerprint density at radius 2 is 1.81 bits per heavy atom. The minimum absolute atomic E-state index is 0.0135. The number of alkyl halides is 3. The van der Waals surface area contributed by atoms with E-state index in [1.165, 1.54) is 24.3 Å². The van der Waals surface area contributed by atoms with Gasteiger partial charge < -0.3 is 0 Å². The number of Topliss-reactive ketones (excluding diaryl/α,β-unsaturated/α-hetero) is 1. The van der Waals surface area contributed by atoms with E-state index in [0.29, 0.717) is 0 Å². The van der Waals surface area contributed by atoms with Crippen LogP contribution in [0.3, 0.4) is 0 Å². The van der Waals surface area contributed by atoms with Crippen molar-refractivity contribution in [3.05, 3.63) is 59.4 Å². The van der Waals surface area contributed by atoms with E-state index in [1.807, 2.05) is 0 Å². The lowest BCUT2D eigenvalue weighted by Gasteiger charge is -2.10. The smallest absolute Gasteiger partial charge is 0.294 e.